The molecule has 1 fully saturated rings. The molecule has 9 heteroatoms. The predicted molar refractivity (Wildman–Crippen MR) is 93.4 cm³/mol. The summed E-state index contributed by atoms with van der Waals surface area (Å²) in [6, 6.07) is 7.52. The molecule has 24 heavy (non-hydrogen) atoms. The number of nitriles is 1. The van der Waals surface area contributed by atoms with Gasteiger partial charge in [-0.05, 0) is 12.1 Å². The maximum atomic E-state index is 12.0. The first kappa shape index (κ1) is 16.6. The molecule has 1 amide bonds. The molecule has 1 aromatic carbocycles. The van der Waals surface area contributed by atoms with Gasteiger partial charge in [-0.15, -0.1) is 10.2 Å². The second kappa shape index (κ2) is 7.57. The first-order valence-electron chi connectivity index (χ1n) is 7.39. The van der Waals surface area contributed by atoms with Gasteiger partial charge in [-0.25, -0.2) is 0 Å². The summed E-state index contributed by atoms with van der Waals surface area (Å²) in [6.45, 7) is 3.18. The Balaban J connectivity index is 1.56. The van der Waals surface area contributed by atoms with E-state index >= 15 is 0 Å². The third kappa shape index (κ3) is 3.82. The van der Waals surface area contributed by atoms with E-state index in [2.05, 4.69) is 31.4 Å². The predicted octanol–water partition coefficient (Wildman–Crippen LogP) is 1.82. The lowest BCUT2D eigenvalue weighted by Crippen LogP contribution is -2.49. The van der Waals surface area contributed by atoms with Crippen molar-refractivity contribution < 1.29 is 4.79 Å². The van der Waals surface area contributed by atoms with Gasteiger partial charge in [0, 0.05) is 26.2 Å². The van der Waals surface area contributed by atoms with E-state index in [1.807, 2.05) is 0 Å². The number of hydrogen-bond donors (Lipinski definition) is 1. The number of piperazine rings is 1. The summed E-state index contributed by atoms with van der Waals surface area (Å²) in [6.07, 6.45) is 0. The van der Waals surface area contributed by atoms with Crippen molar-refractivity contribution in [3.05, 3.63) is 34.3 Å². The Bertz CT molecular complexity index is 752. The van der Waals surface area contributed by atoms with Crippen molar-refractivity contribution in [3.8, 4) is 6.07 Å². The second-order valence-corrected chi connectivity index (χ2v) is 6.54. The van der Waals surface area contributed by atoms with E-state index in [-0.39, 0.29) is 5.91 Å². The summed E-state index contributed by atoms with van der Waals surface area (Å²) in [7, 11) is 0. The maximum Gasteiger partial charge on any atom is 0.240 e. The number of carbonyl (C=O) groups is 1. The lowest BCUT2D eigenvalue weighted by Gasteiger charge is -2.36. The van der Waals surface area contributed by atoms with Crippen LogP contribution in [-0.4, -0.2) is 53.7 Å². The molecule has 3 rings (SSSR count). The van der Waals surface area contributed by atoms with Crippen LogP contribution in [0.5, 0.6) is 0 Å². The first-order chi connectivity index (χ1) is 11.7. The Hall–Kier alpha value is -2.21. The van der Waals surface area contributed by atoms with Crippen LogP contribution in [0.25, 0.3) is 0 Å². The van der Waals surface area contributed by atoms with E-state index in [0.717, 1.165) is 18.8 Å². The van der Waals surface area contributed by atoms with Crippen LogP contribution >= 0.6 is 22.9 Å². The Morgan fingerprint density at radius 3 is 2.83 bits per heavy atom. The van der Waals surface area contributed by atoms with E-state index in [1.54, 1.807) is 23.7 Å². The summed E-state index contributed by atoms with van der Waals surface area (Å²) < 4.78 is 0. The van der Waals surface area contributed by atoms with Crippen molar-refractivity contribution in [3.63, 3.8) is 0 Å². The minimum absolute atomic E-state index is 0.101. The lowest BCUT2D eigenvalue weighted by molar-refractivity contribution is -0.117. The van der Waals surface area contributed by atoms with Crippen molar-refractivity contribution in [2.75, 3.05) is 42.9 Å². The largest absolute Gasteiger partial charge is 0.367 e. The van der Waals surface area contributed by atoms with Crippen molar-refractivity contribution >= 4 is 39.7 Å². The lowest BCUT2D eigenvalue weighted by atomic mass is 10.1. The molecule has 2 heterocycles. The Morgan fingerprint density at radius 1 is 1.38 bits per heavy atom. The summed E-state index contributed by atoms with van der Waals surface area (Å²) in [4.78, 5) is 16.2. The molecule has 1 N–H and O–H groups in total. The molecule has 0 unspecified atom stereocenters. The highest BCUT2D eigenvalue weighted by Gasteiger charge is 2.22. The number of amides is 1. The average Bonchev–Trinajstić information content (AvgIpc) is 3.08. The molecule has 2 aromatic rings. The van der Waals surface area contributed by atoms with Crippen LogP contribution in [0.3, 0.4) is 0 Å². The fraction of sp³-hybridized carbons (Fsp3) is 0.333. The highest BCUT2D eigenvalue weighted by molar-refractivity contribution is 7.13. The van der Waals surface area contributed by atoms with Crippen molar-refractivity contribution in [1.29, 1.82) is 5.26 Å². The van der Waals surface area contributed by atoms with E-state index in [0.29, 0.717) is 35.4 Å². The van der Waals surface area contributed by atoms with Gasteiger partial charge in [0.05, 0.1) is 22.8 Å². The van der Waals surface area contributed by atoms with Crippen LogP contribution in [0, 0.1) is 11.3 Å². The molecule has 1 aliphatic rings. The number of aromatic nitrogens is 2. The zero-order valence-corrected chi connectivity index (χ0v) is 14.3. The van der Waals surface area contributed by atoms with Gasteiger partial charge in [-0.2, -0.15) is 5.26 Å². The molecule has 7 nitrogen and oxygen atoms in total. The SMILES string of the molecule is N#Cc1cccc(Cl)c1N1CCN(CC(=O)Nc2nncs2)CC1. The molecular formula is C15H15ClN6OS. The number of benzene rings is 1. The fourth-order valence-corrected chi connectivity index (χ4v) is 3.40. The van der Waals surface area contributed by atoms with E-state index in [1.165, 1.54) is 11.3 Å². The number of para-hydroxylation sites is 1. The normalized spacial score (nSPS) is 15.1. The summed E-state index contributed by atoms with van der Waals surface area (Å²) in [5, 5.41) is 20.6. The maximum absolute atomic E-state index is 12.0. The molecule has 1 aliphatic heterocycles. The van der Waals surface area contributed by atoms with E-state index in [4.69, 9.17) is 11.6 Å². The third-order valence-corrected chi connectivity index (χ3v) is 4.68. The number of nitrogens with one attached hydrogen (secondary N) is 1. The van der Waals surface area contributed by atoms with Crippen LogP contribution in [0.4, 0.5) is 10.8 Å². The fourth-order valence-electron chi connectivity index (χ4n) is 2.65. The number of rotatable bonds is 4. The van der Waals surface area contributed by atoms with Crippen LogP contribution < -0.4 is 10.2 Å². The smallest absolute Gasteiger partial charge is 0.240 e. The van der Waals surface area contributed by atoms with Gasteiger partial charge < -0.3 is 4.90 Å². The third-order valence-electron chi connectivity index (χ3n) is 3.77. The van der Waals surface area contributed by atoms with Crippen LogP contribution in [0.2, 0.25) is 5.02 Å². The summed E-state index contributed by atoms with van der Waals surface area (Å²) in [5.74, 6) is -0.101. The van der Waals surface area contributed by atoms with Crippen LogP contribution in [-0.2, 0) is 4.79 Å². The second-order valence-electron chi connectivity index (χ2n) is 5.30. The molecule has 1 aromatic heterocycles. The van der Waals surface area contributed by atoms with Crippen LogP contribution in [0.15, 0.2) is 23.7 Å². The van der Waals surface area contributed by atoms with Gasteiger partial charge in [0.1, 0.15) is 11.6 Å². The summed E-state index contributed by atoms with van der Waals surface area (Å²) in [5.41, 5.74) is 2.93. The van der Waals surface area contributed by atoms with E-state index < -0.39 is 0 Å². The monoisotopic (exact) mass is 362 g/mol. The number of hydrogen-bond acceptors (Lipinski definition) is 7. The molecular weight excluding hydrogens is 348 g/mol. The molecule has 0 atom stereocenters. The van der Waals surface area contributed by atoms with Gasteiger partial charge >= 0.3 is 0 Å². The molecule has 0 bridgehead atoms. The number of halogens is 1. The van der Waals surface area contributed by atoms with Gasteiger partial charge in [0.25, 0.3) is 0 Å². The Morgan fingerprint density at radius 2 is 2.17 bits per heavy atom. The van der Waals surface area contributed by atoms with Crippen molar-refractivity contribution in [1.82, 2.24) is 15.1 Å². The van der Waals surface area contributed by atoms with E-state index in [9.17, 15) is 10.1 Å². The minimum Gasteiger partial charge on any atom is -0.367 e. The molecule has 0 spiro atoms. The topological polar surface area (TPSA) is 85.2 Å². The molecule has 0 aliphatic carbocycles. The average molecular weight is 363 g/mol. The van der Waals surface area contributed by atoms with Crippen molar-refractivity contribution in [2.45, 2.75) is 0 Å². The van der Waals surface area contributed by atoms with Gasteiger partial charge in [0.2, 0.25) is 11.0 Å². The molecule has 0 radical (unpaired) electrons. The van der Waals surface area contributed by atoms with Gasteiger partial charge in [-0.1, -0.05) is 29.0 Å². The Labute approximate surface area is 148 Å². The molecule has 124 valence electrons. The number of anilines is 2. The Kier molecular flexibility index (Phi) is 5.25. The number of carbonyl (C=O) groups excluding carboxylic acids is 1. The van der Waals surface area contributed by atoms with Gasteiger partial charge in [-0.3, -0.25) is 15.0 Å². The summed E-state index contributed by atoms with van der Waals surface area (Å²) >= 11 is 7.55. The quantitative estimate of drug-likeness (QED) is 0.893. The molecule has 0 saturated carbocycles. The van der Waals surface area contributed by atoms with Crippen molar-refractivity contribution in [2.24, 2.45) is 0 Å². The van der Waals surface area contributed by atoms with Gasteiger partial charge in [0.15, 0.2) is 0 Å². The highest BCUT2D eigenvalue weighted by atomic mass is 35.5. The number of nitrogens with zero attached hydrogens (tertiary/aromatic N) is 5. The zero-order chi connectivity index (χ0) is 16.9. The standard InChI is InChI=1S/C15H15ClN6OS/c16-12-3-1-2-11(8-17)14(12)22-6-4-21(5-7-22)9-13(23)19-15-20-18-10-24-15/h1-3,10H,4-7,9H2,(H,19,20,23). The molecule has 1 saturated heterocycles. The minimum atomic E-state index is -0.101. The highest BCUT2D eigenvalue weighted by Crippen LogP contribution is 2.30. The van der Waals surface area contributed by atoms with Crippen LogP contribution in [0.1, 0.15) is 5.56 Å². The first-order valence-corrected chi connectivity index (χ1v) is 8.65. The zero-order valence-electron chi connectivity index (χ0n) is 12.8.